The van der Waals surface area contributed by atoms with E-state index in [1.54, 1.807) is 0 Å². The molecule has 0 aliphatic carbocycles. The first-order chi connectivity index (χ1) is 29.0. The number of rotatable bonds is 22. The first-order valence-electron chi connectivity index (χ1n) is 20.8. The molecule has 0 fully saturated rings. The summed E-state index contributed by atoms with van der Waals surface area (Å²) in [6, 6.07) is 34.1. The number of nitrogens with zero attached hydrogens (tertiary/aromatic N) is 4. The van der Waals surface area contributed by atoms with Gasteiger partial charge in [-0.1, -0.05) is 135 Å². The van der Waals surface area contributed by atoms with Gasteiger partial charge in [-0.3, -0.25) is 24.0 Å². The molecular formula is C48H59N7O5. The third kappa shape index (κ3) is 12.7. The van der Waals surface area contributed by atoms with Crippen LogP contribution in [0, 0.1) is 6.92 Å². The number of carbonyl (C=O) groups excluding carboxylic acids is 5. The van der Waals surface area contributed by atoms with Crippen LogP contribution in [0.3, 0.4) is 0 Å². The monoisotopic (exact) mass is 813 g/mol. The molecular weight excluding hydrogens is 755 g/mol. The first kappa shape index (κ1) is 45.0. The van der Waals surface area contributed by atoms with Gasteiger partial charge in [0.15, 0.2) is 0 Å². The lowest BCUT2D eigenvalue weighted by Crippen LogP contribution is -2.51. The molecule has 5 aromatic rings. The van der Waals surface area contributed by atoms with Gasteiger partial charge >= 0.3 is 0 Å². The zero-order chi connectivity index (χ0) is 43.0. The van der Waals surface area contributed by atoms with E-state index in [9.17, 15) is 24.0 Å². The van der Waals surface area contributed by atoms with E-state index in [0.717, 1.165) is 50.2 Å². The Labute approximate surface area is 353 Å². The Morgan fingerprint density at radius 3 is 1.62 bits per heavy atom. The van der Waals surface area contributed by atoms with E-state index in [1.807, 2.05) is 123 Å². The second-order valence-electron chi connectivity index (χ2n) is 15.5. The summed E-state index contributed by atoms with van der Waals surface area (Å²) in [4.78, 5) is 75.3. The van der Waals surface area contributed by atoms with Crippen LogP contribution in [0.2, 0.25) is 0 Å². The van der Waals surface area contributed by atoms with Crippen LogP contribution in [0.25, 0.3) is 21.5 Å². The largest absolute Gasteiger partial charge is 0.368 e. The number of benzene rings is 5. The highest BCUT2D eigenvalue weighted by atomic mass is 16.2. The van der Waals surface area contributed by atoms with Crippen LogP contribution in [0.5, 0.6) is 0 Å². The second kappa shape index (κ2) is 22.3. The molecule has 12 nitrogen and oxygen atoms in total. The fourth-order valence-electron chi connectivity index (χ4n) is 7.35. The van der Waals surface area contributed by atoms with E-state index in [4.69, 9.17) is 17.2 Å². The number of amides is 5. The minimum Gasteiger partial charge on any atom is -0.368 e. The van der Waals surface area contributed by atoms with Gasteiger partial charge in [0.05, 0.1) is 12.6 Å². The zero-order valence-electron chi connectivity index (χ0n) is 34.9. The number of nitrogens with two attached hydrogens (primary N) is 3. The quantitative estimate of drug-likeness (QED) is 0.0799. The molecule has 0 bridgehead atoms. The van der Waals surface area contributed by atoms with Crippen LogP contribution in [0.4, 0.5) is 0 Å². The number of aryl methyl sites for hydroxylation is 1. The summed E-state index contributed by atoms with van der Waals surface area (Å²) in [7, 11) is 0. The normalized spacial score (nSPS) is 11.6. The van der Waals surface area contributed by atoms with Crippen LogP contribution in [-0.4, -0.2) is 94.4 Å². The molecule has 5 aromatic carbocycles. The molecule has 0 spiro atoms. The van der Waals surface area contributed by atoms with E-state index in [2.05, 4.69) is 0 Å². The summed E-state index contributed by atoms with van der Waals surface area (Å²) in [5, 5.41) is 3.84. The zero-order valence-corrected chi connectivity index (χ0v) is 34.9. The fourth-order valence-corrected chi connectivity index (χ4v) is 7.35. The molecule has 0 radical (unpaired) electrons. The molecule has 0 aromatic heterocycles. The highest BCUT2D eigenvalue weighted by Crippen LogP contribution is 2.23. The molecule has 5 amide bonds. The minimum atomic E-state index is -0.857. The van der Waals surface area contributed by atoms with E-state index in [-0.39, 0.29) is 51.7 Å². The fraction of sp³-hybridized carbons (Fsp3) is 0.354. The van der Waals surface area contributed by atoms with Crippen molar-refractivity contribution in [1.29, 1.82) is 0 Å². The van der Waals surface area contributed by atoms with Crippen molar-refractivity contribution < 1.29 is 24.0 Å². The van der Waals surface area contributed by atoms with Crippen LogP contribution in [-0.2, 0) is 43.6 Å². The third-order valence-corrected chi connectivity index (χ3v) is 10.7. The lowest BCUT2D eigenvalue weighted by atomic mass is 10.0. The molecule has 0 saturated heterocycles. The van der Waals surface area contributed by atoms with Gasteiger partial charge in [-0.05, 0) is 71.0 Å². The van der Waals surface area contributed by atoms with Crippen molar-refractivity contribution in [1.82, 2.24) is 19.6 Å². The molecule has 0 aliphatic heterocycles. The Bertz CT molecular complexity index is 2230. The van der Waals surface area contributed by atoms with Gasteiger partial charge in [0.1, 0.15) is 19.6 Å². The van der Waals surface area contributed by atoms with E-state index in [0.29, 0.717) is 38.8 Å². The van der Waals surface area contributed by atoms with Crippen molar-refractivity contribution in [3.05, 3.63) is 131 Å². The van der Waals surface area contributed by atoms with Crippen molar-refractivity contribution in [2.24, 2.45) is 17.2 Å². The lowest BCUT2D eigenvalue weighted by molar-refractivity contribution is -0.147. The van der Waals surface area contributed by atoms with E-state index in [1.165, 1.54) is 19.6 Å². The van der Waals surface area contributed by atoms with Gasteiger partial charge in [-0.15, -0.1) is 0 Å². The molecule has 1 atom stereocenters. The Morgan fingerprint density at radius 1 is 0.567 bits per heavy atom. The summed E-state index contributed by atoms with van der Waals surface area (Å²) in [6.45, 7) is 3.67. The summed E-state index contributed by atoms with van der Waals surface area (Å²) < 4.78 is 0. The summed E-state index contributed by atoms with van der Waals surface area (Å²) in [6.07, 6.45) is 3.22. The average Bonchev–Trinajstić information content (AvgIpc) is 3.24. The maximum Gasteiger partial charge on any atom is 0.242 e. The number of carbonyl (C=O) groups is 5. The standard InChI is InChI=1S/C48H59N7O5/c1-3-4-27-52(31-44(51)56)45(57)32-54(29-39-17-11-15-37-13-5-7-19-41(37)39)46(58)33-53(28-36-24-22-35(2)23-25-36)47(59)34-55(48(60)43(50)21-9-10-26-49)30-40-18-12-16-38-14-6-8-20-42(38)40/h5-8,11-20,22-25,43H,3-4,9-10,21,26-34,49-50H2,1-2H3,(H2,51,56)/t43-/m0/s1. The molecule has 0 saturated carbocycles. The number of fused-ring (bicyclic) bond motifs is 2. The summed E-state index contributed by atoms with van der Waals surface area (Å²) in [5.74, 6) is -2.39. The smallest absolute Gasteiger partial charge is 0.242 e. The Hall–Kier alpha value is -6.11. The molecule has 60 heavy (non-hydrogen) atoms. The molecule has 0 aliphatic rings. The topological polar surface area (TPSA) is 176 Å². The Kier molecular flexibility index (Phi) is 16.7. The average molecular weight is 814 g/mol. The van der Waals surface area contributed by atoms with Crippen LogP contribution in [0.1, 0.15) is 61.3 Å². The van der Waals surface area contributed by atoms with Crippen LogP contribution in [0.15, 0.2) is 109 Å². The van der Waals surface area contributed by atoms with E-state index < -0.39 is 29.7 Å². The number of hydrogen-bond donors (Lipinski definition) is 3. The Balaban J connectivity index is 1.49. The highest BCUT2D eigenvalue weighted by molar-refractivity contribution is 5.93. The van der Waals surface area contributed by atoms with Crippen molar-refractivity contribution in [3.8, 4) is 0 Å². The second-order valence-corrected chi connectivity index (χ2v) is 15.5. The maximum absolute atomic E-state index is 14.7. The molecule has 0 unspecified atom stereocenters. The molecule has 0 heterocycles. The van der Waals surface area contributed by atoms with E-state index >= 15 is 0 Å². The molecule has 12 heteroatoms. The predicted molar refractivity (Wildman–Crippen MR) is 237 cm³/mol. The number of unbranched alkanes of at least 4 members (excludes halogenated alkanes) is 2. The number of hydrogen-bond acceptors (Lipinski definition) is 7. The third-order valence-electron chi connectivity index (χ3n) is 10.7. The predicted octanol–water partition coefficient (Wildman–Crippen LogP) is 5.26. The maximum atomic E-state index is 14.7. The summed E-state index contributed by atoms with van der Waals surface area (Å²) >= 11 is 0. The SMILES string of the molecule is CCCCN(CC(N)=O)C(=O)CN(Cc1cccc2ccccc12)C(=O)CN(Cc1ccc(C)cc1)C(=O)CN(Cc1cccc2ccccc12)C(=O)[C@@H](N)CCCCN. The lowest BCUT2D eigenvalue weighted by Gasteiger charge is -2.32. The summed E-state index contributed by atoms with van der Waals surface area (Å²) in [5.41, 5.74) is 21.3. The van der Waals surface area contributed by atoms with Crippen molar-refractivity contribution in [2.75, 3.05) is 39.3 Å². The molecule has 5 rings (SSSR count). The van der Waals surface area contributed by atoms with Gasteiger partial charge in [-0.2, -0.15) is 0 Å². The van der Waals surface area contributed by atoms with Crippen molar-refractivity contribution >= 4 is 51.1 Å². The van der Waals surface area contributed by atoms with Gasteiger partial charge in [0.2, 0.25) is 29.5 Å². The number of primary amides is 1. The molecule has 316 valence electrons. The first-order valence-corrected chi connectivity index (χ1v) is 20.8. The van der Waals surface area contributed by atoms with Crippen molar-refractivity contribution in [3.63, 3.8) is 0 Å². The molecule has 6 N–H and O–H groups in total. The minimum absolute atomic E-state index is 0.0695. The van der Waals surface area contributed by atoms with Crippen molar-refractivity contribution in [2.45, 2.75) is 71.6 Å². The van der Waals surface area contributed by atoms with Crippen LogP contribution < -0.4 is 17.2 Å². The van der Waals surface area contributed by atoms with Gasteiger partial charge in [0, 0.05) is 26.2 Å². The van der Waals surface area contributed by atoms with Crippen LogP contribution >= 0.6 is 0 Å². The van der Waals surface area contributed by atoms with Gasteiger partial charge in [-0.25, -0.2) is 0 Å². The van der Waals surface area contributed by atoms with Gasteiger partial charge in [0.25, 0.3) is 0 Å². The highest BCUT2D eigenvalue weighted by Gasteiger charge is 2.30. The Morgan fingerprint density at radius 2 is 1.07 bits per heavy atom. The van der Waals surface area contributed by atoms with Gasteiger partial charge < -0.3 is 36.8 Å².